The molecule has 0 bridgehead atoms. The molecule has 4 aromatic rings. The average molecular weight is 648 g/mol. The molecule has 2 aliphatic heterocycles. The summed E-state index contributed by atoms with van der Waals surface area (Å²) in [6.07, 6.45) is 0.648. The number of carbonyl (C=O) groups excluding carboxylic acids is 2. The lowest BCUT2D eigenvalue weighted by Gasteiger charge is -2.23. The minimum atomic E-state index is -1.04. The van der Waals surface area contributed by atoms with Crippen molar-refractivity contribution in [2.24, 2.45) is 0 Å². The number of hydrogen-bond acceptors (Lipinski definition) is 10. The number of halogens is 1. The van der Waals surface area contributed by atoms with Gasteiger partial charge in [0.05, 0.1) is 24.8 Å². The first-order chi connectivity index (χ1) is 21.8. The maximum atomic E-state index is 14.2. The monoisotopic (exact) mass is 647 g/mol. The van der Waals surface area contributed by atoms with Crippen LogP contribution in [0.1, 0.15) is 49.1 Å². The van der Waals surface area contributed by atoms with Gasteiger partial charge in [-0.15, -0.1) is 10.2 Å². The van der Waals surface area contributed by atoms with Crippen LogP contribution in [0.3, 0.4) is 0 Å². The molecule has 2 aliphatic rings. The molecule has 1 N–H and O–H groups in total. The van der Waals surface area contributed by atoms with Crippen molar-refractivity contribution in [3.63, 3.8) is 0 Å². The number of anilines is 1. The van der Waals surface area contributed by atoms with E-state index in [1.165, 1.54) is 22.7 Å². The van der Waals surface area contributed by atoms with Crippen LogP contribution in [0, 0.1) is 5.82 Å². The van der Waals surface area contributed by atoms with Crippen molar-refractivity contribution in [3.8, 4) is 17.2 Å². The first-order valence-electron chi connectivity index (χ1n) is 14.5. The van der Waals surface area contributed by atoms with E-state index in [0.29, 0.717) is 57.9 Å². The SMILES string of the molecule is CCOc1ccc([C@H]2C(=C(O)c3ccc4c(c3)C[C@H](C)O4)C(=O)C(=O)N2c2nnc(SCc3ccccc3F)s2)cc1OCC. The number of amides is 1. The molecule has 45 heavy (non-hydrogen) atoms. The Kier molecular flexibility index (Phi) is 8.77. The van der Waals surface area contributed by atoms with Gasteiger partial charge in [-0.25, -0.2) is 4.39 Å². The second-order valence-electron chi connectivity index (χ2n) is 10.4. The highest BCUT2D eigenvalue weighted by molar-refractivity contribution is 8.00. The molecular weight excluding hydrogens is 618 g/mol. The van der Waals surface area contributed by atoms with E-state index < -0.39 is 17.7 Å². The number of ketones is 1. The van der Waals surface area contributed by atoms with E-state index in [9.17, 15) is 19.1 Å². The number of Topliss-reactive ketones (excluding diaryl/α,β-unsaturated/α-hetero) is 1. The number of thioether (sulfide) groups is 1. The Labute approximate surface area is 267 Å². The third kappa shape index (κ3) is 5.99. The minimum absolute atomic E-state index is 0.00771. The van der Waals surface area contributed by atoms with Crippen LogP contribution in [-0.2, 0) is 21.8 Å². The molecule has 0 spiro atoms. The fourth-order valence-corrected chi connectivity index (χ4v) is 7.27. The van der Waals surface area contributed by atoms with Crippen molar-refractivity contribution in [1.29, 1.82) is 0 Å². The smallest absolute Gasteiger partial charge is 0.301 e. The van der Waals surface area contributed by atoms with Gasteiger partial charge in [-0.3, -0.25) is 14.5 Å². The number of hydrogen-bond donors (Lipinski definition) is 1. The number of rotatable bonds is 10. The quantitative estimate of drug-likeness (QED) is 0.0660. The summed E-state index contributed by atoms with van der Waals surface area (Å²) in [5.41, 5.74) is 2.22. The molecule has 9 nitrogen and oxygen atoms in total. The zero-order valence-electron chi connectivity index (χ0n) is 24.8. The summed E-state index contributed by atoms with van der Waals surface area (Å²) in [6.45, 7) is 6.43. The molecular formula is C33H30FN3O6S2. The fraction of sp³-hybridized carbons (Fsp3) is 0.273. The van der Waals surface area contributed by atoms with Gasteiger partial charge in [0, 0.05) is 17.7 Å². The number of nitrogens with zero attached hydrogens (tertiary/aromatic N) is 3. The van der Waals surface area contributed by atoms with Crippen LogP contribution in [0.2, 0.25) is 0 Å². The van der Waals surface area contributed by atoms with E-state index in [4.69, 9.17) is 14.2 Å². The van der Waals surface area contributed by atoms with Gasteiger partial charge >= 0.3 is 5.91 Å². The molecule has 1 amide bonds. The number of ether oxygens (including phenoxy) is 3. The Morgan fingerprint density at radius 1 is 1.07 bits per heavy atom. The Bertz CT molecular complexity index is 1810. The molecule has 6 rings (SSSR count). The Morgan fingerprint density at radius 2 is 1.84 bits per heavy atom. The molecule has 2 atom stereocenters. The van der Waals surface area contributed by atoms with Gasteiger partial charge in [-0.2, -0.15) is 0 Å². The van der Waals surface area contributed by atoms with E-state index in [1.54, 1.807) is 54.6 Å². The molecule has 3 heterocycles. The largest absolute Gasteiger partial charge is 0.507 e. The topological polar surface area (TPSA) is 111 Å². The summed E-state index contributed by atoms with van der Waals surface area (Å²) in [6, 6.07) is 15.8. The molecule has 0 radical (unpaired) electrons. The van der Waals surface area contributed by atoms with E-state index in [0.717, 1.165) is 22.6 Å². The number of benzene rings is 3. The summed E-state index contributed by atoms with van der Waals surface area (Å²) >= 11 is 2.38. The number of aliphatic hydroxyl groups is 1. The molecule has 232 valence electrons. The van der Waals surface area contributed by atoms with Crippen molar-refractivity contribution in [3.05, 3.63) is 94.3 Å². The fourth-order valence-electron chi connectivity index (χ4n) is 5.42. The second kappa shape index (κ2) is 12.9. The van der Waals surface area contributed by atoms with Crippen LogP contribution in [0.15, 0.2) is 70.6 Å². The highest BCUT2D eigenvalue weighted by Gasteiger charge is 2.48. The molecule has 1 fully saturated rings. The maximum absolute atomic E-state index is 14.2. The van der Waals surface area contributed by atoms with Crippen LogP contribution >= 0.6 is 23.1 Å². The predicted molar refractivity (Wildman–Crippen MR) is 170 cm³/mol. The molecule has 1 saturated heterocycles. The summed E-state index contributed by atoms with van der Waals surface area (Å²) < 4.78 is 32.1. The molecule has 0 unspecified atom stereocenters. The van der Waals surface area contributed by atoms with Crippen LogP contribution in [0.25, 0.3) is 5.76 Å². The highest BCUT2D eigenvalue weighted by Crippen LogP contribution is 2.46. The van der Waals surface area contributed by atoms with E-state index in [-0.39, 0.29) is 28.4 Å². The number of carbonyl (C=O) groups is 2. The molecule has 12 heteroatoms. The molecule has 1 aromatic heterocycles. The van der Waals surface area contributed by atoms with E-state index in [1.807, 2.05) is 20.8 Å². The van der Waals surface area contributed by atoms with Crippen molar-refractivity contribution < 1.29 is 33.3 Å². The lowest BCUT2D eigenvalue weighted by molar-refractivity contribution is -0.132. The zero-order chi connectivity index (χ0) is 31.7. The summed E-state index contributed by atoms with van der Waals surface area (Å²) in [4.78, 5) is 28.7. The maximum Gasteiger partial charge on any atom is 0.301 e. The summed E-state index contributed by atoms with van der Waals surface area (Å²) in [5, 5.41) is 20.3. The number of fused-ring (bicyclic) bond motifs is 1. The highest BCUT2D eigenvalue weighted by atomic mass is 32.2. The first kappa shape index (κ1) is 30.6. The molecule has 3 aromatic carbocycles. The van der Waals surface area contributed by atoms with Gasteiger partial charge in [0.2, 0.25) is 5.13 Å². The van der Waals surface area contributed by atoms with Gasteiger partial charge in [0.15, 0.2) is 15.8 Å². The number of aliphatic hydroxyl groups excluding tert-OH is 1. The minimum Gasteiger partial charge on any atom is -0.507 e. The van der Waals surface area contributed by atoms with Crippen molar-refractivity contribution in [2.45, 2.75) is 49.4 Å². The van der Waals surface area contributed by atoms with Crippen molar-refractivity contribution >= 4 is 45.7 Å². The molecule has 0 saturated carbocycles. The molecule has 0 aliphatic carbocycles. The van der Waals surface area contributed by atoms with E-state index >= 15 is 0 Å². The number of aromatic nitrogens is 2. The van der Waals surface area contributed by atoms with Crippen LogP contribution in [0.4, 0.5) is 9.52 Å². The Hall–Kier alpha value is -4.42. The van der Waals surface area contributed by atoms with Crippen LogP contribution < -0.4 is 19.1 Å². The predicted octanol–water partition coefficient (Wildman–Crippen LogP) is 6.72. The standard InChI is InChI=1S/C33H30FN3O6S2/c1-4-41-25-13-10-19(16-26(25)42-5-2)28-27(29(38)20-11-12-24-22(15-20)14-18(3)43-24)30(39)31(40)37(28)32-35-36-33(45-32)44-17-21-8-6-7-9-23(21)34/h6-13,15-16,18,28,38H,4-5,14,17H2,1-3H3/t18-,28-/m0/s1. The first-order valence-corrected chi connectivity index (χ1v) is 16.3. The van der Waals surface area contributed by atoms with Gasteiger partial charge in [0.25, 0.3) is 5.78 Å². The summed E-state index contributed by atoms with van der Waals surface area (Å²) in [7, 11) is 0. The Balaban J connectivity index is 1.43. The van der Waals surface area contributed by atoms with Crippen LogP contribution in [-0.4, -0.2) is 46.3 Å². The Morgan fingerprint density at radius 3 is 2.62 bits per heavy atom. The lowest BCUT2D eigenvalue weighted by Crippen LogP contribution is -2.29. The van der Waals surface area contributed by atoms with Gasteiger partial charge < -0.3 is 19.3 Å². The van der Waals surface area contributed by atoms with Gasteiger partial charge in [-0.1, -0.05) is 47.4 Å². The average Bonchev–Trinajstić information content (AvgIpc) is 3.72. The van der Waals surface area contributed by atoms with Crippen LogP contribution in [0.5, 0.6) is 17.2 Å². The van der Waals surface area contributed by atoms with E-state index in [2.05, 4.69) is 10.2 Å². The summed E-state index contributed by atoms with van der Waals surface area (Å²) in [5.74, 6) is -0.375. The second-order valence-corrected chi connectivity index (χ2v) is 12.6. The third-order valence-electron chi connectivity index (χ3n) is 7.41. The van der Waals surface area contributed by atoms with Gasteiger partial charge in [-0.05, 0) is 73.9 Å². The van der Waals surface area contributed by atoms with Gasteiger partial charge in [0.1, 0.15) is 23.4 Å². The normalized spacial score (nSPS) is 18.6. The van der Waals surface area contributed by atoms with Crippen molar-refractivity contribution in [1.82, 2.24) is 10.2 Å². The zero-order valence-corrected chi connectivity index (χ0v) is 26.4. The van der Waals surface area contributed by atoms with Crippen molar-refractivity contribution in [2.75, 3.05) is 18.1 Å². The lowest BCUT2D eigenvalue weighted by atomic mass is 9.94. The third-order valence-corrected chi connectivity index (χ3v) is 9.51.